The summed E-state index contributed by atoms with van der Waals surface area (Å²) in [6.45, 7) is 0.242. The highest BCUT2D eigenvalue weighted by atomic mass is 16.5. The number of carboxylic acid groups (broad SMARTS) is 1. The lowest BCUT2D eigenvalue weighted by Crippen LogP contribution is -2.30. The number of ether oxygens (including phenoxy) is 2. The number of carbonyl (C=O) groups is 1. The Labute approximate surface area is 119 Å². The lowest BCUT2D eigenvalue weighted by molar-refractivity contribution is -0.145. The summed E-state index contributed by atoms with van der Waals surface area (Å²) in [4.78, 5) is 11.4. The fraction of sp³-hybridized carbons (Fsp3) is 0.562. The van der Waals surface area contributed by atoms with Crippen molar-refractivity contribution >= 4 is 5.97 Å². The summed E-state index contributed by atoms with van der Waals surface area (Å²) < 4.78 is 10.7. The van der Waals surface area contributed by atoms with Gasteiger partial charge in [0.15, 0.2) is 0 Å². The van der Waals surface area contributed by atoms with E-state index in [1.165, 1.54) is 6.42 Å². The molecule has 1 atom stereocenters. The van der Waals surface area contributed by atoms with Crippen LogP contribution in [0, 0.1) is 11.8 Å². The van der Waals surface area contributed by atoms with Gasteiger partial charge in [-0.05, 0) is 43.0 Å². The van der Waals surface area contributed by atoms with E-state index in [1.54, 1.807) is 19.2 Å². The largest absolute Gasteiger partial charge is 0.497 e. The van der Waals surface area contributed by atoms with Crippen LogP contribution in [-0.4, -0.2) is 24.8 Å². The SMILES string of the molecule is COc1ccc(OCC(C(=O)O)C2CCCCC2)cc1. The van der Waals surface area contributed by atoms with E-state index in [1.807, 2.05) is 12.1 Å². The van der Waals surface area contributed by atoms with Gasteiger partial charge in [-0.1, -0.05) is 19.3 Å². The van der Waals surface area contributed by atoms with E-state index >= 15 is 0 Å². The van der Waals surface area contributed by atoms with E-state index in [2.05, 4.69) is 0 Å². The van der Waals surface area contributed by atoms with Crippen molar-refractivity contribution in [2.45, 2.75) is 32.1 Å². The van der Waals surface area contributed by atoms with Crippen molar-refractivity contribution in [2.24, 2.45) is 11.8 Å². The molecule has 0 aliphatic heterocycles. The van der Waals surface area contributed by atoms with Crippen LogP contribution in [0.2, 0.25) is 0 Å². The smallest absolute Gasteiger partial charge is 0.310 e. The molecule has 0 saturated heterocycles. The van der Waals surface area contributed by atoms with Crippen molar-refractivity contribution in [1.82, 2.24) is 0 Å². The van der Waals surface area contributed by atoms with Gasteiger partial charge in [-0.3, -0.25) is 4.79 Å². The van der Waals surface area contributed by atoms with Gasteiger partial charge in [0.05, 0.1) is 13.0 Å². The van der Waals surface area contributed by atoms with Crippen LogP contribution in [0.4, 0.5) is 0 Å². The molecule has 0 aromatic heterocycles. The summed E-state index contributed by atoms with van der Waals surface area (Å²) in [5.74, 6) is 0.551. The van der Waals surface area contributed by atoms with E-state index in [9.17, 15) is 9.90 Å². The average molecular weight is 278 g/mol. The van der Waals surface area contributed by atoms with Gasteiger partial charge in [0, 0.05) is 0 Å². The Morgan fingerprint density at radius 2 is 1.80 bits per heavy atom. The minimum atomic E-state index is -0.745. The molecule has 0 radical (unpaired) electrons. The molecule has 1 aromatic rings. The molecule has 1 aromatic carbocycles. The standard InChI is InChI=1S/C16H22O4/c1-19-13-7-9-14(10-8-13)20-11-15(16(17)18)12-5-3-2-4-6-12/h7-10,12,15H,2-6,11H2,1H3,(H,17,18). The second-order valence-corrected chi connectivity index (χ2v) is 5.33. The average Bonchev–Trinajstić information content (AvgIpc) is 2.49. The molecule has 0 bridgehead atoms. The Kier molecular flexibility index (Phi) is 5.27. The Bertz CT molecular complexity index is 421. The molecule has 0 amide bonds. The molecule has 1 unspecified atom stereocenters. The van der Waals surface area contributed by atoms with Crippen LogP contribution in [0.25, 0.3) is 0 Å². The number of aliphatic carboxylic acids is 1. The van der Waals surface area contributed by atoms with Crippen molar-refractivity contribution in [3.8, 4) is 11.5 Å². The van der Waals surface area contributed by atoms with Crippen LogP contribution >= 0.6 is 0 Å². The number of methoxy groups -OCH3 is 1. The van der Waals surface area contributed by atoms with Crippen molar-refractivity contribution in [3.05, 3.63) is 24.3 Å². The molecule has 4 heteroatoms. The van der Waals surface area contributed by atoms with Crippen molar-refractivity contribution in [2.75, 3.05) is 13.7 Å². The summed E-state index contributed by atoms with van der Waals surface area (Å²) in [6, 6.07) is 7.23. The zero-order valence-electron chi connectivity index (χ0n) is 11.9. The second-order valence-electron chi connectivity index (χ2n) is 5.33. The first-order valence-electron chi connectivity index (χ1n) is 7.20. The van der Waals surface area contributed by atoms with E-state index in [4.69, 9.17) is 9.47 Å². The predicted octanol–water partition coefficient (Wildman–Crippen LogP) is 3.36. The molecule has 1 saturated carbocycles. The topological polar surface area (TPSA) is 55.8 Å². The van der Waals surface area contributed by atoms with Crippen LogP contribution in [0.3, 0.4) is 0 Å². The summed E-state index contributed by atoms with van der Waals surface area (Å²) in [6.07, 6.45) is 5.50. The van der Waals surface area contributed by atoms with Crippen LogP contribution in [0.5, 0.6) is 11.5 Å². The van der Waals surface area contributed by atoms with Crippen LogP contribution in [-0.2, 0) is 4.79 Å². The van der Waals surface area contributed by atoms with E-state index < -0.39 is 11.9 Å². The predicted molar refractivity (Wildman–Crippen MR) is 76.2 cm³/mol. The summed E-state index contributed by atoms with van der Waals surface area (Å²) in [5.41, 5.74) is 0. The highest BCUT2D eigenvalue weighted by Gasteiger charge is 2.29. The van der Waals surface area contributed by atoms with Gasteiger partial charge in [-0.25, -0.2) is 0 Å². The molecule has 20 heavy (non-hydrogen) atoms. The third-order valence-electron chi connectivity index (χ3n) is 4.03. The van der Waals surface area contributed by atoms with Crippen LogP contribution < -0.4 is 9.47 Å². The monoisotopic (exact) mass is 278 g/mol. The molecule has 1 aliphatic rings. The third-order valence-corrected chi connectivity index (χ3v) is 4.03. The zero-order chi connectivity index (χ0) is 14.4. The number of hydrogen-bond acceptors (Lipinski definition) is 3. The molecule has 2 rings (SSSR count). The fourth-order valence-corrected chi connectivity index (χ4v) is 2.80. The quantitative estimate of drug-likeness (QED) is 0.867. The number of hydrogen-bond donors (Lipinski definition) is 1. The Morgan fingerprint density at radius 3 is 2.35 bits per heavy atom. The summed E-state index contributed by atoms with van der Waals surface area (Å²) >= 11 is 0. The molecular weight excluding hydrogens is 256 g/mol. The maximum Gasteiger partial charge on any atom is 0.310 e. The van der Waals surface area contributed by atoms with Gasteiger partial charge in [-0.2, -0.15) is 0 Å². The lowest BCUT2D eigenvalue weighted by atomic mass is 9.80. The Morgan fingerprint density at radius 1 is 1.20 bits per heavy atom. The summed E-state index contributed by atoms with van der Waals surface area (Å²) in [7, 11) is 1.61. The minimum Gasteiger partial charge on any atom is -0.497 e. The molecule has 1 fully saturated rings. The van der Waals surface area contributed by atoms with Crippen molar-refractivity contribution in [3.63, 3.8) is 0 Å². The van der Waals surface area contributed by atoms with Gasteiger partial charge in [0.25, 0.3) is 0 Å². The molecule has 110 valence electrons. The lowest BCUT2D eigenvalue weighted by Gasteiger charge is -2.27. The fourth-order valence-electron chi connectivity index (χ4n) is 2.80. The maximum absolute atomic E-state index is 11.4. The van der Waals surface area contributed by atoms with Gasteiger partial charge >= 0.3 is 5.97 Å². The highest BCUT2D eigenvalue weighted by molar-refractivity contribution is 5.70. The first-order valence-corrected chi connectivity index (χ1v) is 7.20. The van der Waals surface area contributed by atoms with Gasteiger partial charge < -0.3 is 14.6 Å². The van der Waals surface area contributed by atoms with E-state index in [0.717, 1.165) is 31.4 Å². The second kappa shape index (κ2) is 7.17. The highest BCUT2D eigenvalue weighted by Crippen LogP contribution is 2.31. The maximum atomic E-state index is 11.4. The molecule has 0 heterocycles. The van der Waals surface area contributed by atoms with E-state index in [0.29, 0.717) is 5.75 Å². The molecule has 1 N–H and O–H groups in total. The van der Waals surface area contributed by atoms with Gasteiger partial charge in [0.2, 0.25) is 0 Å². The number of carboxylic acids is 1. The normalized spacial score (nSPS) is 17.4. The van der Waals surface area contributed by atoms with Crippen LogP contribution in [0.15, 0.2) is 24.3 Å². The van der Waals surface area contributed by atoms with Crippen molar-refractivity contribution in [1.29, 1.82) is 0 Å². The number of benzene rings is 1. The van der Waals surface area contributed by atoms with Gasteiger partial charge in [-0.15, -0.1) is 0 Å². The number of rotatable bonds is 6. The Balaban J connectivity index is 1.92. The molecular formula is C16H22O4. The summed E-state index contributed by atoms with van der Waals surface area (Å²) in [5, 5.41) is 9.39. The van der Waals surface area contributed by atoms with E-state index in [-0.39, 0.29) is 12.5 Å². The molecule has 0 spiro atoms. The first kappa shape index (κ1) is 14.7. The molecule has 4 nitrogen and oxygen atoms in total. The van der Waals surface area contributed by atoms with Gasteiger partial charge in [0.1, 0.15) is 18.1 Å². The van der Waals surface area contributed by atoms with Crippen LogP contribution in [0.1, 0.15) is 32.1 Å². The third kappa shape index (κ3) is 3.89. The Hall–Kier alpha value is -1.71. The minimum absolute atomic E-state index is 0.242. The first-order chi connectivity index (χ1) is 9.70. The zero-order valence-corrected chi connectivity index (χ0v) is 11.9. The molecule has 1 aliphatic carbocycles. The van der Waals surface area contributed by atoms with Crippen molar-refractivity contribution < 1.29 is 19.4 Å².